The summed E-state index contributed by atoms with van der Waals surface area (Å²) in [5, 5.41) is 6.13. The molecule has 1 aromatic carbocycles. The van der Waals surface area contributed by atoms with Crippen molar-refractivity contribution < 1.29 is 14.3 Å². The summed E-state index contributed by atoms with van der Waals surface area (Å²) in [5.74, 6) is 2.41. The van der Waals surface area contributed by atoms with Gasteiger partial charge in [-0.05, 0) is 17.7 Å². The highest BCUT2D eigenvalue weighted by molar-refractivity contribution is 5.80. The zero-order valence-corrected chi connectivity index (χ0v) is 15.5. The Morgan fingerprint density at radius 1 is 1.20 bits per heavy atom. The van der Waals surface area contributed by atoms with Crippen LogP contribution in [0.4, 0.5) is 0 Å². The molecule has 1 aliphatic heterocycles. The maximum Gasteiger partial charge on any atom is 0.222 e. The SMILES string of the molecule is CN=C(NCCNC(=O)C(C)C)N(C)Cc1ccc2c(c1)OCCO2. The van der Waals surface area contributed by atoms with E-state index in [9.17, 15) is 4.79 Å². The molecule has 2 rings (SSSR count). The van der Waals surface area contributed by atoms with E-state index in [4.69, 9.17) is 9.47 Å². The van der Waals surface area contributed by atoms with Gasteiger partial charge >= 0.3 is 0 Å². The second-order valence-corrected chi connectivity index (χ2v) is 6.25. The van der Waals surface area contributed by atoms with Crippen LogP contribution in [0.5, 0.6) is 11.5 Å². The van der Waals surface area contributed by atoms with Crippen LogP contribution in [0.1, 0.15) is 19.4 Å². The molecule has 0 atom stereocenters. The van der Waals surface area contributed by atoms with Crippen LogP contribution in [-0.4, -0.2) is 57.2 Å². The Morgan fingerprint density at radius 2 is 1.88 bits per heavy atom. The average Bonchev–Trinajstić information content (AvgIpc) is 2.61. The minimum Gasteiger partial charge on any atom is -0.486 e. The molecule has 0 saturated heterocycles. The second-order valence-electron chi connectivity index (χ2n) is 6.25. The Kier molecular flexibility index (Phi) is 6.91. The van der Waals surface area contributed by atoms with E-state index in [-0.39, 0.29) is 11.8 Å². The van der Waals surface area contributed by atoms with Gasteiger partial charge in [-0.15, -0.1) is 0 Å². The van der Waals surface area contributed by atoms with Crippen LogP contribution in [0, 0.1) is 5.92 Å². The van der Waals surface area contributed by atoms with E-state index in [1.807, 2.05) is 44.0 Å². The zero-order chi connectivity index (χ0) is 18.2. The number of carbonyl (C=O) groups excluding carboxylic acids is 1. The number of fused-ring (bicyclic) bond motifs is 1. The standard InChI is InChI=1S/C18H28N4O3/c1-13(2)17(23)20-7-8-21-18(19-3)22(4)12-14-5-6-15-16(11-14)25-10-9-24-15/h5-6,11,13H,7-10,12H2,1-4H3,(H,19,21)(H,20,23). The summed E-state index contributed by atoms with van der Waals surface area (Å²) in [6.45, 7) is 6.80. The lowest BCUT2D eigenvalue weighted by molar-refractivity contribution is -0.123. The number of guanidine groups is 1. The first-order valence-electron chi connectivity index (χ1n) is 8.59. The number of benzene rings is 1. The number of carbonyl (C=O) groups is 1. The van der Waals surface area contributed by atoms with Crippen molar-refractivity contribution in [3.8, 4) is 11.5 Å². The van der Waals surface area contributed by atoms with Crippen molar-refractivity contribution in [2.24, 2.45) is 10.9 Å². The summed E-state index contributed by atoms with van der Waals surface area (Å²) >= 11 is 0. The lowest BCUT2D eigenvalue weighted by Gasteiger charge is -2.24. The van der Waals surface area contributed by atoms with Crippen molar-refractivity contribution in [2.75, 3.05) is 40.4 Å². The molecule has 0 unspecified atom stereocenters. The minimum absolute atomic E-state index is 0.00260. The summed E-state index contributed by atoms with van der Waals surface area (Å²) in [7, 11) is 3.72. The first-order valence-corrected chi connectivity index (χ1v) is 8.59. The van der Waals surface area contributed by atoms with E-state index < -0.39 is 0 Å². The van der Waals surface area contributed by atoms with Gasteiger partial charge in [0.2, 0.25) is 5.91 Å². The van der Waals surface area contributed by atoms with Crippen LogP contribution >= 0.6 is 0 Å². The molecule has 1 aromatic rings. The van der Waals surface area contributed by atoms with Gasteiger partial charge in [-0.3, -0.25) is 9.79 Å². The molecule has 1 heterocycles. The largest absolute Gasteiger partial charge is 0.486 e. The molecule has 0 aromatic heterocycles. The van der Waals surface area contributed by atoms with Gasteiger partial charge in [0.15, 0.2) is 17.5 Å². The molecule has 0 fully saturated rings. The maximum atomic E-state index is 11.5. The molecule has 0 saturated carbocycles. The third kappa shape index (κ3) is 5.55. The number of ether oxygens (including phenoxy) is 2. The first-order chi connectivity index (χ1) is 12.0. The summed E-state index contributed by atoms with van der Waals surface area (Å²) in [6.07, 6.45) is 0. The van der Waals surface area contributed by atoms with E-state index >= 15 is 0 Å². The van der Waals surface area contributed by atoms with E-state index in [0.29, 0.717) is 32.8 Å². The summed E-state index contributed by atoms with van der Waals surface area (Å²) in [6, 6.07) is 5.97. The molecule has 0 aliphatic carbocycles. The predicted octanol–water partition coefficient (Wildman–Crippen LogP) is 1.24. The predicted molar refractivity (Wildman–Crippen MR) is 98.1 cm³/mol. The van der Waals surface area contributed by atoms with Crippen molar-refractivity contribution in [1.82, 2.24) is 15.5 Å². The lowest BCUT2D eigenvalue weighted by atomic mass is 10.2. The monoisotopic (exact) mass is 348 g/mol. The topological polar surface area (TPSA) is 75.2 Å². The normalized spacial score (nSPS) is 13.6. The second kappa shape index (κ2) is 9.15. The zero-order valence-electron chi connectivity index (χ0n) is 15.5. The smallest absolute Gasteiger partial charge is 0.222 e. The highest BCUT2D eigenvalue weighted by atomic mass is 16.6. The number of rotatable bonds is 6. The fraction of sp³-hybridized carbons (Fsp3) is 0.556. The van der Waals surface area contributed by atoms with Crippen LogP contribution in [0.3, 0.4) is 0 Å². The summed E-state index contributed by atoms with van der Waals surface area (Å²) in [4.78, 5) is 17.9. The van der Waals surface area contributed by atoms with E-state index in [2.05, 4.69) is 15.6 Å². The number of amides is 1. The molecule has 0 bridgehead atoms. The average molecular weight is 348 g/mol. The Morgan fingerprint density at radius 3 is 2.56 bits per heavy atom. The van der Waals surface area contributed by atoms with Crippen LogP contribution in [0.2, 0.25) is 0 Å². The Balaban J connectivity index is 1.83. The summed E-state index contributed by atoms with van der Waals surface area (Å²) in [5.41, 5.74) is 1.11. The fourth-order valence-electron chi connectivity index (χ4n) is 2.48. The van der Waals surface area contributed by atoms with Crippen LogP contribution in [-0.2, 0) is 11.3 Å². The number of hydrogen-bond donors (Lipinski definition) is 2. The number of hydrogen-bond acceptors (Lipinski definition) is 4. The van der Waals surface area contributed by atoms with E-state index in [1.54, 1.807) is 7.05 Å². The van der Waals surface area contributed by atoms with Crippen LogP contribution in [0.15, 0.2) is 23.2 Å². The Hall–Kier alpha value is -2.44. The molecular weight excluding hydrogens is 320 g/mol. The number of nitrogens with zero attached hydrogens (tertiary/aromatic N) is 2. The number of nitrogens with one attached hydrogen (secondary N) is 2. The molecule has 138 valence electrons. The van der Waals surface area contributed by atoms with Gasteiger partial charge < -0.3 is 25.0 Å². The first kappa shape index (κ1) is 18.9. The van der Waals surface area contributed by atoms with E-state index in [0.717, 1.165) is 23.0 Å². The van der Waals surface area contributed by atoms with Crippen molar-refractivity contribution in [3.05, 3.63) is 23.8 Å². The highest BCUT2D eigenvalue weighted by Crippen LogP contribution is 2.30. The molecule has 7 nitrogen and oxygen atoms in total. The third-order valence-corrected chi connectivity index (χ3v) is 3.83. The van der Waals surface area contributed by atoms with Gasteiger partial charge in [-0.1, -0.05) is 19.9 Å². The summed E-state index contributed by atoms with van der Waals surface area (Å²) < 4.78 is 11.2. The van der Waals surface area contributed by atoms with Gasteiger partial charge in [0, 0.05) is 39.6 Å². The van der Waals surface area contributed by atoms with Crippen molar-refractivity contribution in [2.45, 2.75) is 20.4 Å². The van der Waals surface area contributed by atoms with Gasteiger partial charge in [0.1, 0.15) is 13.2 Å². The minimum atomic E-state index is -0.00260. The van der Waals surface area contributed by atoms with Crippen LogP contribution in [0.25, 0.3) is 0 Å². The molecule has 7 heteroatoms. The molecule has 0 spiro atoms. The molecule has 1 amide bonds. The Bertz CT molecular complexity index is 616. The van der Waals surface area contributed by atoms with Crippen molar-refractivity contribution >= 4 is 11.9 Å². The van der Waals surface area contributed by atoms with Crippen molar-refractivity contribution in [1.29, 1.82) is 0 Å². The quantitative estimate of drug-likeness (QED) is 0.460. The third-order valence-electron chi connectivity index (χ3n) is 3.83. The maximum absolute atomic E-state index is 11.5. The van der Waals surface area contributed by atoms with Gasteiger partial charge in [0.25, 0.3) is 0 Å². The van der Waals surface area contributed by atoms with E-state index in [1.165, 1.54) is 0 Å². The fourth-order valence-corrected chi connectivity index (χ4v) is 2.48. The molecule has 0 radical (unpaired) electrons. The van der Waals surface area contributed by atoms with Crippen molar-refractivity contribution in [3.63, 3.8) is 0 Å². The van der Waals surface area contributed by atoms with Crippen LogP contribution < -0.4 is 20.1 Å². The highest BCUT2D eigenvalue weighted by Gasteiger charge is 2.13. The lowest BCUT2D eigenvalue weighted by Crippen LogP contribution is -2.42. The number of aliphatic imine (C=N–C) groups is 1. The molecule has 2 N–H and O–H groups in total. The van der Waals surface area contributed by atoms with Gasteiger partial charge in [-0.2, -0.15) is 0 Å². The molecular formula is C18H28N4O3. The molecule has 1 aliphatic rings. The van der Waals surface area contributed by atoms with Gasteiger partial charge in [0.05, 0.1) is 0 Å². The Labute approximate surface area is 149 Å². The molecule has 25 heavy (non-hydrogen) atoms. The van der Waals surface area contributed by atoms with Gasteiger partial charge in [-0.25, -0.2) is 0 Å².